The lowest BCUT2D eigenvalue weighted by Gasteiger charge is -2.14. The van der Waals surface area contributed by atoms with Gasteiger partial charge in [-0.25, -0.2) is 13.1 Å². The standard InChI is InChI=1S/C19H22N2O3S2/c1-20-26(23,24)16-10-6-7-14(13-16)19(22)21-17-11-4-5-12-18(17)25-15-8-2-3-9-15/h4-7,10-13,15,20H,2-3,8-9H2,1H3,(H,21,22). The summed E-state index contributed by atoms with van der Waals surface area (Å²) in [7, 11) is -2.24. The first kappa shape index (κ1) is 18.9. The first-order chi connectivity index (χ1) is 12.5. The van der Waals surface area contributed by atoms with Gasteiger partial charge in [0.25, 0.3) is 5.91 Å². The monoisotopic (exact) mass is 390 g/mol. The van der Waals surface area contributed by atoms with E-state index < -0.39 is 10.0 Å². The fourth-order valence-corrected chi connectivity index (χ4v) is 5.08. The molecule has 0 radical (unpaired) electrons. The Bertz CT molecular complexity index is 891. The highest BCUT2D eigenvalue weighted by Gasteiger charge is 2.19. The van der Waals surface area contributed by atoms with E-state index in [1.807, 2.05) is 24.3 Å². The second-order valence-corrected chi connectivity index (χ2v) is 9.44. The van der Waals surface area contributed by atoms with Crippen molar-refractivity contribution in [2.75, 3.05) is 12.4 Å². The Labute approximate surface area is 158 Å². The van der Waals surface area contributed by atoms with E-state index in [1.54, 1.807) is 23.9 Å². The Hall–Kier alpha value is -1.83. The molecule has 3 rings (SSSR count). The molecule has 1 fully saturated rings. The van der Waals surface area contributed by atoms with E-state index in [1.165, 1.54) is 44.9 Å². The van der Waals surface area contributed by atoms with Crippen LogP contribution in [0.2, 0.25) is 0 Å². The van der Waals surface area contributed by atoms with Crippen LogP contribution < -0.4 is 10.0 Å². The summed E-state index contributed by atoms with van der Waals surface area (Å²) in [6, 6.07) is 13.8. The number of rotatable bonds is 6. The molecular weight excluding hydrogens is 368 g/mol. The molecule has 0 heterocycles. The van der Waals surface area contributed by atoms with Gasteiger partial charge >= 0.3 is 0 Å². The van der Waals surface area contributed by atoms with Crippen molar-refractivity contribution in [3.63, 3.8) is 0 Å². The third-order valence-electron chi connectivity index (χ3n) is 4.41. The SMILES string of the molecule is CNS(=O)(=O)c1cccc(C(=O)Nc2ccccc2SC2CCCC2)c1. The van der Waals surface area contributed by atoms with Crippen molar-refractivity contribution in [3.8, 4) is 0 Å². The molecule has 0 unspecified atom stereocenters. The van der Waals surface area contributed by atoms with Crippen LogP contribution in [-0.2, 0) is 10.0 Å². The zero-order chi connectivity index (χ0) is 18.6. The fraction of sp³-hybridized carbons (Fsp3) is 0.316. The molecule has 0 bridgehead atoms. The molecule has 1 aliphatic carbocycles. The predicted molar refractivity (Wildman–Crippen MR) is 105 cm³/mol. The van der Waals surface area contributed by atoms with E-state index in [4.69, 9.17) is 0 Å². The smallest absolute Gasteiger partial charge is 0.255 e. The first-order valence-corrected chi connectivity index (χ1v) is 11.0. The summed E-state index contributed by atoms with van der Waals surface area (Å²) in [5.74, 6) is -0.322. The van der Waals surface area contributed by atoms with Crippen molar-refractivity contribution < 1.29 is 13.2 Å². The van der Waals surface area contributed by atoms with E-state index in [2.05, 4.69) is 10.0 Å². The summed E-state index contributed by atoms with van der Waals surface area (Å²) in [6.45, 7) is 0. The number of benzene rings is 2. The van der Waals surface area contributed by atoms with Gasteiger partial charge in [0.2, 0.25) is 10.0 Å². The summed E-state index contributed by atoms with van der Waals surface area (Å²) in [5, 5.41) is 3.52. The van der Waals surface area contributed by atoms with Crippen LogP contribution >= 0.6 is 11.8 Å². The van der Waals surface area contributed by atoms with Crippen LogP contribution in [0.15, 0.2) is 58.3 Å². The zero-order valence-electron chi connectivity index (χ0n) is 14.6. The molecule has 5 nitrogen and oxygen atoms in total. The maximum Gasteiger partial charge on any atom is 0.255 e. The number of nitrogens with one attached hydrogen (secondary N) is 2. The first-order valence-electron chi connectivity index (χ1n) is 8.60. The van der Waals surface area contributed by atoms with Crippen molar-refractivity contribution in [2.24, 2.45) is 0 Å². The number of amides is 1. The number of para-hydroxylation sites is 1. The third kappa shape index (κ3) is 4.47. The maximum atomic E-state index is 12.6. The van der Waals surface area contributed by atoms with Gasteiger partial charge in [-0.15, -0.1) is 11.8 Å². The van der Waals surface area contributed by atoms with Crippen LogP contribution in [0.25, 0.3) is 0 Å². The second kappa shape index (κ2) is 8.24. The molecule has 1 aliphatic rings. The highest BCUT2D eigenvalue weighted by molar-refractivity contribution is 8.00. The summed E-state index contributed by atoms with van der Waals surface area (Å²) >= 11 is 1.81. The molecule has 2 N–H and O–H groups in total. The summed E-state index contributed by atoms with van der Waals surface area (Å²) < 4.78 is 26.1. The van der Waals surface area contributed by atoms with Crippen molar-refractivity contribution in [1.29, 1.82) is 0 Å². The molecule has 0 aliphatic heterocycles. The Morgan fingerprint density at radius 2 is 1.81 bits per heavy atom. The van der Waals surface area contributed by atoms with Crippen molar-refractivity contribution in [1.82, 2.24) is 4.72 Å². The van der Waals surface area contributed by atoms with Gasteiger partial charge in [-0.1, -0.05) is 31.0 Å². The number of sulfonamides is 1. The molecule has 26 heavy (non-hydrogen) atoms. The molecule has 1 amide bonds. The average molecular weight is 391 g/mol. The Kier molecular flexibility index (Phi) is 6.01. The van der Waals surface area contributed by atoms with Crippen LogP contribution in [0.4, 0.5) is 5.69 Å². The number of anilines is 1. The molecule has 2 aromatic rings. The molecule has 138 valence electrons. The molecule has 0 atom stereocenters. The van der Waals surface area contributed by atoms with Crippen LogP contribution in [-0.4, -0.2) is 26.6 Å². The molecule has 1 saturated carbocycles. The molecular formula is C19H22N2O3S2. The van der Waals surface area contributed by atoms with E-state index in [0.717, 1.165) is 10.6 Å². The minimum atomic E-state index is -3.59. The number of carbonyl (C=O) groups is 1. The van der Waals surface area contributed by atoms with Gasteiger partial charge in [-0.05, 0) is 50.2 Å². The van der Waals surface area contributed by atoms with Gasteiger partial charge in [0.05, 0.1) is 10.6 Å². The van der Waals surface area contributed by atoms with Crippen molar-refractivity contribution in [3.05, 3.63) is 54.1 Å². The molecule has 0 spiro atoms. The van der Waals surface area contributed by atoms with E-state index >= 15 is 0 Å². The summed E-state index contributed by atoms with van der Waals surface area (Å²) in [5.41, 5.74) is 1.07. The van der Waals surface area contributed by atoms with Crippen molar-refractivity contribution >= 4 is 33.4 Å². The van der Waals surface area contributed by atoms with E-state index in [0.29, 0.717) is 10.8 Å². The average Bonchev–Trinajstić information content (AvgIpc) is 3.16. The fourth-order valence-electron chi connectivity index (χ4n) is 2.98. The Balaban J connectivity index is 1.79. The Morgan fingerprint density at radius 3 is 2.54 bits per heavy atom. The van der Waals surface area contributed by atoms with Gasteiger partial charge in [-0.3, -0.25) is 4.79 Å². The lowest BCUT2D eigenvalue weighted by Crippen LogP contribution is -2.19. The quantitative estimate of drug-likeness (QED) is 0.785. The van der Waals surface area contributed by atoms with Crippen LogP contribution in [0.5, 0.6) is 0 Å². The minimum absolute atomic E-state index is 0.0706. The Morgan fingerprint density at radius 1 is 1.08 bits per heavy atom. The lowest BCUT2D eigenvalue weighted by molar-refractivity contribution is 0.102. The second-order valence-electron chi connectivity index (χ2n) is 6.21. The number of hydrogen-bond acceptors (Lipinski definition) is 4. The summed E-state index contributed by atoms with van der Waals surface area (Å²) in [6.07, 6.45) is 4.94. The lowest BCUT2D eigenvalue weighted by atomic mass is 10.2. The molecule has 0 aromatic heterocycles. The highest BCUT2D eigenvalue weighted by atomic mass is 32.2. The predicted octanol–water partition coefficient (Wildman–Crippen LogP) is 3.88. The number of thioether (sulfide) groups is 1. The largest absolute Gasteiger partial charge is 0.321 e. The normalized spacial score (nSPS) is 15.1. The summed E-state index contributed by atoms with van der Waals surface area (Å²) in [4.78, 5) is 13.8. The number of carbonyl (C=O) groups excluding carboxylic acids is 1. The van der Waals surface area contributed by atoms with Crippen LogP contribution in [0.3, 0.4) is 0 Å². The third-order valence-corrected chi connectivity index (χ3v) is 7.23. The van der Waals surface area contributed by atoms with E-state index in [9.17, 15) is 13.2 Å². The molecule has 2 aromatic carbocycles. The van der Waals surface area contributed by atoms with E-state index in [-0.39, 0.29) is 10.8 Å². The van der Waals surface area contributed by atoms with Crippen LogP contribution in [0.1, 0.15) is 36.0 Å². The van der Waals surface area contributed by atoms with Gasteiger partial charge < -0.3 is 5.32 Å². The highest BCUT2D eigenvalue weighted by Crippen LogP contribution is 2.38. The van der Waals surface area contributed by atoms with Gasteiger partial charge in [0.1, 0.15) is 0 Å². The molecule has 0 saturated heterocycles. The number of hydrogen-bond donors (Lipinski definition) is 2. The topological polar surface area (TPSA) is 75.3 Å². The van der Waals surface area contributed by atoms with Gasteiger partial charge in [-0.2, -0.15) is 0 Å². The zero-order valence-corrected chi connectivity index (χ0v) is 16.2. The minimum Gasteiger partial charge on any atom is -0.321 e. The van der Waals surface area contributed by atoms with Crippen molar-refractivity contribution in [2.45, 2.75) is 40.7 Å². The van der Waals surface area contributed by atoms with Crippen LogP contribution in [0, 0.1) is 0 Å². The maximum absolute atomic E-state index is 12.6. The van der Waals surface area contributed by atoms with Gasteiger partial charge in [0.15, 0.2) is 0 Å². The van der Waals surface area contributed by atoms with Gasteiger partial charge in [0, 0.05) is 15.7 Å². The molecule has 7 heteroatoms.